The number of hydrogen-bond donors (Lipinski definition) is 0. The quantitative estimate of drug-likeness (QED) is 0.701. The maximum absolute atomic E-state index is 13.9. The number of rotatable bonds is 3. The third-order valence-electron chi connectivity index (χ3n) is 4.89. The van der Waals surface area contributed by atoms with E-state index in [1.165, 1.54) is 18.4 Å². The summed E-state index contributed by atoms with van der Waals surface area (Å²) >= 11 is 0. The van der Waals surface area contributed by atoms with Gasteiger partial charge < -0.3 is 0 Å². The van der Waals surface area contributed by atoms with E-state index in [0.29, 0.717) is 5.92 Å². The molecule has 1 aromatic carbocycles. The summed E-state index contributed by atoms with van der Waals surface area (Å²) in [5.41, 5.74) is 2.49. The minimum atomic E-state index is 0.00308. The standard InChI is InChI=1S/C16H23F/c1-4-12(3)16(5-2)11-7-8-13-14(16)9-6-10-15(13)17/h6,9-10,12H,4-5,7-8,11H2,1-3H3. The molecule has 2 unspecified atom stereocenters. The summed E-state index contributed by atoms with van der Waals surface area (Å²) in [4.78, 5) is 0. The fraction of sp³-hybridized carbons (Fsp3) is 0.625. The Labute approximate surface area is 104 Å². The monoisotopic (exact) mass is 234 g/mol. The van der Waals surface area contributed by atoms with Crippen LogP contribution in [0.1, 0.15) is 57.6 Å². The molecule has 1 heteroatoms. The van der Waals surface area contributed by atoms with Crippen molar-refractivity contribution in [3.8, 4) is 0 Å². The molecule has 0 aromatic heterocycles. The van der Waals surface area contributed by atoms with Gasteiger partial charge in [-0.3, -0.25) is 0 Å². The number of benzene rings is 1. The number of halogens is 1. The highest BCUT2D eigenvalue weighted by atomic mass is 19.1. The van der Waals surface area contributed by atoms with Gasteiger partial charge >= 0.3 is 0 Å². The smallest absolute Gasteiger partial charge is 0.126 e. The van der Waals surface area contributed by atoms with Gasteiger partial charge in [0.1, 0.15) is 5.82 Å². The van der Waals surface area contributed by atoms with E-state index < -0.39 is 0 Å². The molecule has 2 rings (SSSR count). The molecule has 0 spiro atoms. The average Bonchev–Trinajstić information content (AvgIpc) is 2.37. The predicted octanol–water partition coefficient (Wildman–Crippen LogP) is 4.86. The van der Waals surface area contributed by atoms with Crippen molar-refractivity contribution in [1.82, 2.24) is 0 Å². The van der Waals surface area contributed by atoms with Crippen LogP contribution in [0.4, 0.5) is 4.39 Å². The van der Waals surface area contributed by atoms with Crippen molar-refractivity contribution in [3.05, 3.63) is 35.1 Å². The Bertz CT molecular complexity index is 397. The van der Waals surface area contributed by atoms with E-state index in [1.807, 2.05) is 6.07 Å². The van der Waals surface area contributed by atoms with Crippen molar-refractivity contribution < 1.29 is 4.39 Å². The Morgan fingerprint density at radius 1 is 1.35 bits per heavy atom. The average molecular weight is 234 g/mol. The molecule has 0 heterocycles. The Morgan fingerprint density at radius 3 is 2.76 bits per heavy atom. The second-order valence-electron chi connectivity index (χ2n) is 5.44. The second kappa shape index (κ2) is 4.80. The summed E-state index contributed by atoms with van der Waals surface area (Å²) in [6.45, 7) is 6.82. The second-order valence-corrected chi connectivity index (χ2v) is 5.44. The van der Waals surface area contributed by atoms with Crippen molar-refractivity contribution in [1.29, 1.82) is 0 Å². The first-order valence-corrected chi connectivity index (χ1v) is 6.93. The zero-order valence-electron chi connectivity index (χ0n) is 11.2. The van der Waals surface area contributed by atoms with E-state index in [2.05, 4.69) is 26.8 Å². The van der Waals surface area contributed by atoms with Crippen LogP contribution < -0.4 is 0 Å². The van der Waals surface area contributed by atoms with E-state index >= 15 is 0 Å². The van der Waals surface area contributed by atoms with Crippen LogP contribution >= 0.6 is 0 Å². The number of fused-ring (bicyclic) bond motifs is 1. The fourth-order valence-electron chi connectivity index (χ4n) is 3.61. The van der Waals surface area contributed by atoms with Gasteiger partial charge in [0, 0.05) is 0 Å². The maximum Gasteiger partial charge on any atom is 0.126 e. The Balaban J connectivity index is 2.55. The maximum atomic E-state index is 13.9. The van der Waals surface area contributed by atoms with Gasteiger partial charge in [0.15, 0.2) is 0 Å². The molecule has 0 N–H and O–H groups in total. The molecule has 0 radical (unpaired) electrons. The van der Waals surface area contributed by atoms with Crippen molar-refractivity contribution in [3.63, 3.8) is 0 Å². The molecule has 0 amide bonds. The van der Waals surface area contributed by atoms with E-state index in [1.54, 1.807) is 6.07 Å². The lowest BCUT2D eigenvalue weighted by Crippen LogP contribution is -2.37. The lowest BCUT2D eigenvalue weighted by Gasteiger charge is -2.43. The van der Waals surface area contributed by atoms with Gasteiger partial charge in [-0.05, 0) is 54.2 Å². The summed E-state index contributed by atoms with van der Waals surface area (Å²) in [5.74, 6) is 0.636. The van der Waals surface area contributed by atoms with Crippen molar-refractivity contribution in [2.75, 3.05) is 0 Å². The normalized spacial score (nSPS) is 25.4. The van der Waals surface area contributed by atoms with Gasteiger partial charge in [-0.15, -0.1) is 0 Å². The molecule has 1 aliphatic rings. The topological polar surface area (TPSA) is 0 Å². The third-order valence-corrected chi connectivity index (χ3v) is 4.89. The molecule has 0 fully saturated rings. The van der Waals surface area contributed by atoms with Crippen molar-refractivity contribution in [2.24, 2.45) is 5.92 Å². The highest BCUT2D eigenvalue weighted by Gasteiger charge is 2.39. The molecule has 0 bridgehead atoms. The minimum Gasteiger partial charge on any atom is -0.207 e. The highest BCUT2D eigenvalue weighted by Crippen LogP contribution is 2.46. The Kier molecular flexibility index (Phi) is 3.56. The van der Waals surface area contributed by atoms with Gasteiger partial charge in [-0.25, -0.2) is 4.39 Å². The van der Waals surface area contributed by atoms with Crippen LogP contribution in [0, 0.1) is 11.7 Å². The summed E-state index contributed by atoms with van der Waals surface area (Å²) in [7, 11) is 0. The lowest BCUT2D eigenvalue weighted by molar-refractivity contribution is 0.228. The molecular weight excluding hydrogens is 211 g/mol. The van der Waals surface area contributed by atoms with Gasteiger partial charge in [0.05, 0.1) is 0 Å². The summed E-state index contributed by atoms with van der Waals surface area (Å²) in [6.07, 6.45) is 5.56. The van der Waals surface area contributed by atoms with Crippen LogP contribution in [-0.4, -0.2) is 0 Å². The van der Waals surface area contributed by atoms with E-state index in [-0.39, 0.29) is 11.2 Å². The van der Waals surface area contributed by atoms with Crippen LogP contribution in [0.2, 0.25) is 0 Å². The third kappa shape index (κ3) is 1.90. The van der Waals surface area contributed by atoms with Gasteiger partial charge in [0.25, 0.3) is 0 Å². The van der Waals surface area contributed by atoms with E-state index in [0.717, 1.165) is 24.8 Å². The largest absolute Gasteiger partial charge is 0.207 e. The molecule has 0 aliphatic heterocycles. The molecule has 94 valence electrons. The van der Waals surface area contributed by atoms with E-state index in [4.69, 9.17) is 0 Å². The highest BCUT2D eigenvalue weighted by molar-refractivity contribution is 5.38. The zero-order valence-corrected chi connectivity index (χ0v) is 11.2. The number of hydrogen-bond acceptors (Lipinski definition) is 0. The van der Waals surface area contributed by atoms with Crippen molar-refractivity contribution >= 4 is 0 Å². The molecule has 0 saturated carbocycles. The molecule has 0 nitrogen and oxygen atoms in total. The van der Waals surface area contributed by atoms with Crippen LogP contribution in [0.15, 0.2) is 18.2 Å². The first kappa shape index (κ1) is 12.6. The molecule has 17 heavy (non-hydrogen) atoms. The summed E-state index contributed by atoms with van der Waals surface area (Å²) < 4.78 is 13.9. The first-order chi connectivity index (χ1) is 8.15. The van der Waals surface area contributed by atoms with Gasteiger partial charge in [-0.2, -0.15) is 0 Å². The zero-order chi connectivity index (χ0) is 12.5. The molecule has 1 aliphatic carbocycles. The summed E-state index contributed by atoms with van der Waals surface area (Å²) in [6, 6.07) is 5.65. The van der Waals surface area contributed by atoms with Gasteiger partial charge in [-0.1, -0.05) is 39.3 Å². The molecule has 0 saturated heterocycles. The lowest BCUT2D eigenvalue weighted by atomic mass is 9.61. The fourth-order valence-corrected chi connectivity index (χ4v) is 3.61. The van der Waals surface area contributed by atoms with Crippen LogP contribution in [-0.2, 0) is 11.8 Å². The Morgan fingerprint density at radius 2 is 2.12 bits per heavy atom. The summed E-state index contributed by atoms with van der Waals surface area (Å²) in [5, 5.41) is 0. The van der Waals surface area contributed by atoms with Crippen LogP contribution in [0.3, 0.4) is 0 Å². The van der Waals surface area contributed by atoms with Crippen molar-refractivity contribution in [2.45, 2.75) is 58.3 Å². The molecule has 1 aromatic rings. The molecular formula is C16H23F. The van der Waals surface area contributed by atoms with Crippen LogP contribution in [0.5, 0.6) is 0 Å². The first-order valence-electron chi connectivity index (χ1n) is 6.93. The SMILES string of the molecule is CCC(C)C1(CC)CCCc2c(F)cccc21. The minimum absolute atomic E-state index is 0.00308. The van der Waals surface area contributed by atoms with E-state index in [9.17, 15) is 4.39 Å². The predicted molar refractivity (Wildman–Crippen MR) is 70.8 cm³/mol. The van der Waals surface area contributed by atoms with Gasteiger partial charge in [0.2, 0.25) is 0 Å². The Hall–Kier alpha value is -0.850. The van der Waals surface area contributed by atoms with Crippen LogP contribution in [0.25, 0.3) is 0 Å². The molecule has 2 atom stereocenters.